The van der Waals surface area contributed by atoms with Gasteiger partial charge in [-0.1, -0.05) is 6.07 Å². The van der Waals surface area contributed by atoms with Gasteiger partial charge in [-0.15, -0.1) is 35.6 Å². The van der Waals surface area contributed by atoms with Gasteiger partial charge in [0, 0.05) is 24.8 Å². The molecule has 0 unspecified atom stereocenters. The summed E-state index contributed by atoms with van der Waals surface area (Å²) in [7, 11) is 0. The number of nitrogens with one attached hydrogen (secondary N) is 2. The van der Waals surface area contributed by atoms with Crippen molar-refractivity contribution in [3.05, 3.63) is 18.2 Å². The van der Waals surface area contributed by atoms with Crippen LogP contribution in [0.3, 0.4) is 0 Å². The van der Waals surface area contributed by atoms with Gasteiger partial charge in [0.25, 0.3) is 0 Å². The van der Waals surface area contributed by atoms with Gasteiger partial charge in [-0.3, -0.25) is 0 Å². The maximum atomic E-state index is 9.64. The Morgan fingerprint density at radius 3 is 2.31 bits per heavy atom. The van der Waals surface area contributed by atoms with E-state index in [-0.39, 0.29) is 18.2 Å². The van der Waals surface area contributed by atoms with Crippen LogP contribution in [0.2, 0.25) is 0 Å². The topological polar surface area (TPSA) is 44.3 Å². The lowest BCUT2D eigenvalue weighted by Gasteiger charge is -2.13. The number of phenols is 1. The van der Waals surface area contributed by atoms with Crippen LogP contribution in [0.1, 0.15) is 0 Å². The van der Waals surface area contributed by atoms with Crippen molar-refractivity contribution in [2.24, 2.45) is 0 Å². The van der Waals surface area contributed by atoms with E-state index in [1.54, 1.807) is 12.1 Å². The van der Waals surface area contributed by atoms with Crippen molar-refractivity contribution in [2.75, 3.05) is 35.5 Å². The van der Waals surface area contributed by atoms with E-state index in [9.17, 15) is 5.11 Å². The zero-order chi connectivity index (χ0) is 11.1. The van der Waals surface area contributed by atoms with E-state index in [4.69, 9.17) is 23.2 Å². The number of benzene rings is 1. The average molecular weight is 286 g/mol. The monoisotopic (exact) mass is 284 g/mol. The largest absolute Gasteiger partial charge is 0.506 e. The maximum Gasteiger partial charge on any atom is 0.140 e. The molecule has 0 spiro atoms. The third-order valence-corrected chi connectivity index (χ3v) is 2.23. The zero-order valence-electron chi connectivity index (χ0n) is 8.67. The van der Waals surface area contributed by atoms with Crippen molar-refractivity contribution < 1.29 is 5.11 Å². The van der Waals surface area contributed by atoms with Gasteiger partial charge in [0.05, 0.1) is 5.69 Å². The first kappa shape index (κ1) is 15.5. The van der Waals surface area contributed by atoms with Crippen molar-refractivity contribution in [1.82, 2.24) is 0 Å². The maximum absolute atomic E-state index is 9.64. The molecule has 16 heavy (non-hydrogen) atoms. The molecule has 0 aromatic heterocycles. The van der Waals surface area contributed by atoms with Crippen molar-refractivity contribution in [2.45, 2.75) is 0 Å². The highest BCUT2D eigenvalue weighted by molar-refractivity contribution is 6.18. The summed E-state index contributed by atoms with van der Waals surface area (Å²) in [5.74, 6) is 1.22. The van der Waals surface area contributed by atoms with Gasteiger partial charge >= 0.3 is 0 Å². The molecule has 0 radical (unpaired) electrons. The molecule has 0 atom stereocenters. The SMILES string of the molecule is Cl.Oc1cccc(NCCCl)c1NCCCl. The number of phenolic OH excluding ortho intramolecular Hbond substituents is 1. The number of alkyl halides is 2. The van der Waals surface area contributed by atoms with E-state index in [1.165, 1.54) is 0 Å². The Morgan fingerprint density at radius 1 is 1.06 bits per heavy atom. The van der Waals surface area contributed by atoms with Crippen LogP contribution >= 0.6 is 35.6 Å². The number of aromatic hydroxyl groups is 1. The molecule has 0 amide bonds. The summed E-state index contributed by atoms with van der Waals surface area (Å²) >= 11 is 11.2. The quantitative estimate of drug-likeness (QED) is 0.556. The number of hydrogen-bond acceptors (Lipinski definition) is 3. The summed E-state index contributed by atoms with van der Waals surface area (Å²) in [4.78, 5) is 0. The molecule has 1 aromatic rings. The molecule has 0 saturated carbocycles. The van der Waals surface area contributed by atoms with Crippen molar-refractivity contribution in [3.8, 4) is 5.75 Å². The van der Waals surface area contributed by atoms with E-state index in [0.717, 1.165) is 5.69 Å². The Balaban J connectivity index is 0.00000225. The summed E-state index contributed by atoms with van der Waals surface area (Å²) in [6.07, 6.45) is 0. The lowest BCUT2D eigenvalue weighted by molar-refractivity contribution is 0.477. The van der Waals surface area contributed by atoms with E-state index in [2.05, 4.69) is 10.6 Å². The fourth-order valence-corrected chi connectivity index (χ4v) is 1.42. The minimum Gasteiger partial charge on any atom is -0.506 e. The second-order valence-corrected chi connectivity index (χ2v) is 3.69. The molecule has 6 heteroatoms. The normalized spacial score (nSPS) is 9.38. The van der Waals surface area contributed by atoms with Crippen LogP contribution in [0.5, 0.6) is 5.75 Å². The van der Waals surface area contributed by atoms with E-state index in [0.29, 0.717) is 30.5 Å². The highest BCUT2D eigenvalue weighted by Gasteiger charge is 2.05. The lowest BCUT2D eigenvalue weighted by atomic mass is 10.2. The predicted octanol–water partition coefficient (Wildman–Crippen LogP) is 3.12. The first-order valence-electron chi connectivity index (χ1n) is 4.71. The van der Waals surface area contributed by atoms with Gasteiger partial charge in [-0.25, -0.2) is 0 Å². The molecular formula is C10H15Cl3N2O. The second kappa shape index (κ2) is 8.62. The van der Waals surface area contributed by atoms with Gasteiger partial charge in [0.15, 0.2) is 0 Å². The summed E-state index contributed by atoms with van der Waals surface area (Å²) in [5, 5.41) is 15.8. The minimum absolute atomic E-state index is 0. The Labute approximate surface area is 112 Å². The molecule has 3 N–H and O–H groups in total. The lowest BCUT2D eigenvalue weighted by Crippen LogP contribution is -2.08. The van der Waals surface area contributed by atoms with E-state index >= 15 is 0 Å². The summed E-state index contributed by atoms with van der Waals surface area (Å²) in [6.45, 7) is 1.26. The molecule has 92 valence electrons. The Bertz CT molecular complexity index is 310. The summed E-state index contributed by atoms with van der Waals surface area (Å²) in [5.41, 5.74) is 1.50. The molecule has 0 aliphatic heterocycles. The van der Waals surface area contributed by atoms with Gasteiger partial charge in [0.2, 0.25) is 0 Å². The van der Waals surface area contributed by atoms with Crippen molar-refractivity contribution >= 4 is 47.0 Å². The third-order valence-electron chi connectivity index (χ3n) is 1.85. The fraction of sp³-hybridized carbons (Fsp3) is 0.400. The molecule has 0 fully saturated rings. The standard InChI is InChI=1S/C10H14Cl2N2O.ClH/c11-4-6-13-8-2-1-3-9(15)10(8)14-7-5-12;/h1-3,13-15H,4-7H2;1H. The molecule has 1 aromatic carbocycles. The first-order valence-corrected chi connectivity index (χ1v) is 5.78. The van der Waals surface area contributed by atoms with Crippen LogP contribution in [0.25, 0.3) is 0 Å². The summed E-state index contributed by atoms with van der Waals surface area (Å²) < 4.78 is 0. The zero-order valence-corrected chi connectivity index (χ0v) is 11.0. The van der Waals surface area contributed by atoms with E-state index in [1.807, 2.05) is 6.07 Å². The fourth-order valence-electron chi connectivity index (χ4n) is 1.23. The van der Waals surface area contributed by atoms with Crippen molar-refractivity contribution in [3.63, 3.8) is 0 Å². The van der Waals surface area contributed by atoms with Gasteiger partial charge in [-0.2, -0.15) is 0 Å². The molecule has 3 nitrogen and oxygen atoms in total. The first-order chi connectivity index (χ1) is 7.29. The number of halogens is 3. The summed E-state index contributed by atoms with van der Waals surface area (Å²) in [6, 6.07) is 5.28. The van der Waals surface area contributed by atoms with E-state index < -0.39 is 0 Å². The van der Waals surface area contributed by atoms with Gasteiger partial charge < -0.3 is 15.7 Å². The Kier molecular flexibility index (Phi) is 8.35. The van der Waals surface area contributed by atoms with Crippen LogP contribution in [0.4, 0.5) is 11.4 Å². The second-order valence-electron chi connectivity index (χ2n) is 2.93. The highest BCUT2D eigenvalue weighted by atomic mass is 35.5. The highest BCUT2D eigenvalue weighted by Crippen LogP contribution is 2.31. The van der Waals surface area contributed by atoms with Crippen LogP contribution in [0.15, 0.2) is 18.2 Å². The van der Waals surface area contributed by atoms with Gasteiger partial charge in [0.1, 0.15) is 11.4 Å². The third kappa shape index (κ3) is 4.56. The van der Waals surface area contributed by atoms with Crippen LogP contribution < -0.4 is 10.6 Å². The molecule has 0 aliphatic rings. The molecule has 0 bridgehead atoms. The number of para-hydroxylation sites is 1. The smallest absolute Gasteiger partial charge is 0.140 e. The van der Waals surface area contributed by atoms with Crippen molar-refractivity contribution in [1.29, 1.82) is 0 Å². The molecule has 0 saturated heterocycles. The van der Waals surface area contributed by atoms with Crippen LogP contribution in [0, 0.1) is 0 Å². The Hall–Kier alpha value is -0.510. The number of rotatable bonds is 6. The molecule has 0 aliphatic carbocycles. The number of anilines is 2. The number of hydrogen-bond donors (Lipinski definition) is 3. The van der Waals surface area contributed by atoms with Gasteiger partial charge in [-0.05, 0) is 12.1 Å². The van der Waals surface area contributed by atoms with Crippen LogP contribution in [-0.4, -0.2) is 30.0 Å². The predicted molar refractivity (Wildman–Crippen MR) is 73.8 cm³/mol. The molecular weight excluding hydrogens is 270 g/mol. The Morgan fingerprint density at radius 2 is 1.69 bits per heavy atom. The minimum atomic E-state index is 0. The molecule has 0 heterocycles. The average Bonchev–Trinajstić information content (AvgIpc) is 2.25. The van der Waals surface area contributed by atoms with Crippen LogP contribution in [-0.2, 0) is 0 Å². The molecule has 1 rings (SSSR count).